The number of methoxy groups -OCH3 is 1. The molecule has 0 atom stereocenters. The Balaban J connectivity index is 2.22. The molecule has 100 valence electrons. The fourth-order valence-electron chi connectivity index (χ4n) is 1.45. The largest absolute Gasteiger partial charge is 0.497 e. The minimum atomic E-state index is 0.0105. The van der Waals surface area contributed by atoms with Crippen LogP contribution in [0.5, 0.6) is 5.75 Å². The third kappa shape index (κ3) is 5.93. The Morgan fingerprint density at radius 1 is 1.50 bits per heavy atom. The molecule has 18 heavy (non-hydrogen) atoms. The summed E-state index contributed by atoms with van der Waals surface area (Å²) in [6, 6.07) is 7.81. The highest BCUT2D eigenvalue weighted by Gasteiger charge is 2.01. The first-order valence-electron chi connectivity index (χ1n) is 5.84. The molecule has 1 rings (SSSR count). The summed E-state index contributed by atoms with van der Waals surface area (Å²) in [4.78, 5) is 11.4. The number of thioether (sulfide) groups is 1. The number of aliphatic hydroxyl groups is 1. The van der Waals surface area contributed by atoms with Gasteiger partial charge in [0.25, 0.3) is 0 Å². The molecule has 0 aromatic heterocycles. The highest BCUT2D eigenvalue weighted by atomic mass is 32.2. The predicted molar refractivity (Wildman–Crippen MR) is 74.1 cm³/mol. The molecule has 0 aliphatic heterocycles. The van der Waals surface area contributed by atoms with Gasteiger partial charge in [-0.3, -0.25) is 4.79 Å². The summed E-state index contributed by atoms with van der Waals surface area (Å²) < 4.78 is 5.13. The summed E-state index contributed by atoms with van der Waals surface area (Å²) in [6.45, 7) is 0.730. The Hall–Kier alpha value is -1.20. The van der Waals surface area contributed by atoms with E-state index in [-0.39, 0.29) is 12.5 Å². The maximum absolute atomic E-state index is 11.4. The van der Waals surface area contributed by atoms with Crippen molar-refractivity contribution in [3.63, 3.8) is 0 Å². The first kappa shape index (κ1) is 14.9. The van der Waals surface area contributed by atoms with Gasteiger partial charge in [0.2, 0.25) is 5.91 Å². The van der Waals surface area contributed by atoms with E-state index in [1.165, 1.54) is 11.8 Å². The summed E-state index contributed by atoms with van der Waals surface area (Å²) in [7, 11) is 1.64. The Morgan fingerprint density at radius 3 is 3.06 bits per heavy atom. The van der Waals surface area contributed by atoms with Crippen molar-refractivity contribution in [1.82, 2.24) is 5.32 Å². The highest BCUT2D eigenvalue weighted by molar-refractivity contribution is 7.99. The summed E-state index contributed by atoms with van der Waals surface area (Å²) in [5.74, 6) is 1.84. The molecule has 1 aromatic rings. The van der Waals surface area contributed by atoms with Gasteiger partial charge in [0.15, 0.2) is 0 Å². The van der Waals surface area contributed by atoms with Crippen LogP contribution in [0.15, 0.2) is 24.3 Å². The van der Waals surface area contributed by atoms with Gasteiger partial charge in [-0.25, -0.2) is 0 Å². The monoisotopic (exact) mass is 269 g/mol. The Bertz CT molecular complexity index is 371. The van der Waals surface area contributed by atoms with Crippen molar-refractivity contribution in [1.29, 1.82) is 0 Å². The van der Waals surface area contributed by atoms with Crippen LogP contribution in [0.2, 0.25) is 0 Å². The second kappa shape index (κ2) is 8.83. The molecule has 4 nitrogen and oxygen atoms in total. The van der Waals surface area contributed by atoms with Crippen molar-refractivity contribution in [2.24, 2.45) is 0 Å². The zero-order valence-electron chi connectivity index (χ0n) is 10.5. The van der Waals surface area contributed by atoms with E-state index in [2.05, 4.69) is 5.32 Å². The van der Waals surface area contributed by atoms with Crippen LogP contribution in [-0.2, 0) is 11.2 Å². The molecule has 0 bridgehead atoms. The highest BCUT2D eigenvalue weighted by Crippen LogP contribution is 2.12. The normalized spacial score (nSPS) is 10.1. The average Bonchev–Trinajstić information content (AvgIpc) is 2.39. The van der Waals surface area contributed by atoms with Crippen LogP contribution in [0.1, 0.15) is 5.56 Å². The van der Waals surface area contributed by atoms with E-state index < -0.39 is 0 Å². The smallest absolute Gasteiger partial charge is 0.230 e. The van der Waals surface area contributed by atoms with Gasteiger partial charge in [-0.05, 0) is 24.1 Å². The van der Waals surface area contributed by atoms with Gasteiger partial charge in [-0.2, -0.15) is 0 Å². The number of amides is 1. The molecule has 5 heteroatoms. The van der Waals surface area contributed by atoms with Crippen molar-refractivity contribution in [3.8, 4) is 5.75 Å². The van der Waals surface area contributed by atoms with E-state index in [4.69, 9.17) is 9.84 Å². The summed E-state index contributed by atoms with van der Waals surface area (Å²) >= 11 is 1.43. The summed E-state index contributed by atoms with van der Waals surface area (Å²) in [5.41, 5.74) is 1.14. The maximum Gasteiger partial charge on any atom is 0.230 e. The molecule has 0 radical (unpaired) electrons. The average molecular weight is 269 g/mol. The number of carbonyl (C=O) groups is 1. The van der Waals surface area contributed by atoms with Crippen molar-refractivity contribution in [3.05, 3.63) is 29.8 Å². The first-order chi connectivity index (χ1) is 8.76. The quantitative estimate of drug-likeness (QED) is 0.693. The molecule has 0 aliphatic rings. The number of hydrogen-bond donors (Lipinski definition) is 2. The fourth-order valence-corrected chi connectivity index (χ4v) is 2.02. The number of benzene rings is 1. The maximum atomic E-state index is 11.4. The van der Waals surface area contributed by atoms with Crippen LogP contribution in [-0.4, -0.2) is 42.8 Å². The molecule has 0 heterocycles. The standard InChI is InChI=1S/C13H19NO3S/c1-17-12-4-2-3-11(9-12)5-6-14-13(16)10-18-8-7-15/h2-4,9,15H,5-8,10H2,1H3,(H,14,16). The molecule has 0 saturated heterocycles. The van der Waals surface area contributed by atoms with Gasteiger partial charge in [-0.1, -0.05) is 12.1 Å². The molecular weight excluding hydrogens is 250 g/mol. The van der Waals surface area contributed by atoms with Crippen molar-refractivity contribution in [2.45, 2.75) is 6.42 Å². The molecule has 1 aromatic carbocycles. The summed E-state index contributed by atoms with van der Waals surface area (Å²) in [6.07, 6.45) is 0.785. The third-order valence-corrected chi connectivity index (χ3v) is 3.28. The lowest BCUT2D eigenvalue weighted by Crippen LogP contribution is -2.27. The van der Waals surface area contributed by atoms with Crippen molar-refractivity contribution >= 4 is 17.7 Å². The second-order valence-corrected chi connectivity index (χ2v) is 4.83. The van der Waals surface area contributed by atoms with Crippen LogP contribution in [0.4, 0.5) is 0 Å². The van der Waals surface area contributed by atoms with E-state index in [1.54, 1.807) is 7.11 Å². The van der Waals surface area contributed by atoms with Crippen LogP contribution in [0.25, 0.3) is 0 Å². The number of nitrogens with one attached hydrogen (secondary N) is 1. The third-order valence-electron chi connectivity index (χ3n) is 2.34. The minimum Gasteiger partial charge on any atom is -0.497 e. The van der Waals surface area contributed by atoms with E-state index in [1.807, 2.05) is 24.3 Å². The Morgan fingerprint density at radius 2 is 2.33 bits per heavy atom. The van der Waals surface area contributed by atoms with E-state index in [0.29, 0.717) is 18.1 Å². The van der Waals surface area contributed by atoms with Crippen molar-refractivity contribution < 1.29 is 14.6 Å². The summed E-state index contributed by atoms with van der Waals surface area (Å²) in [5, 5.41) is 11.4. The zero-order valence-corrected chi connectivity index (χ0v) is 11.3. The van der Waals surface area contributed by atoms with E-state index >= 15 is 0 Å². The van der Waals surface area contributed by atoms with Crippen LogP contribution < -0.4 is 10.1 Å². The number of aliphatic hydroxyl groups excluding tert-OH is 1. The van der Waals surface area contributed by atoms with E-state index in [9.17, 15) is 4.79 Å². The number of hydrogen-bond acceptors (Lipinski definition) is 4. The SMILES string of the molecule is COc1cccc(CCNC(=O)CSCCO)c1. The molecular formula is C13H19NO3S. The van der Waals surface area contributed by atoms with Gasteiger partial charge in [0.05, 0.1) is 19.5 Å². The topological polar surface area (TPSA) is 58.6 Å². The first-order valence-corrected chi connectivity index (χ1v) is 7.00. The van der Waals surface area contributed by atoms with Crippen molar-refractivity contribution in [2.75, 3.05) is 31.8 Å². The molecule has 0 unspecified atom stereocenters. The second-order valence-electron chi connectivity index (χ2n) is 3.73. The van der Waals surface area contributed by atoms with Gasteiger partial charge in [-0.15, -0.1) is 11.8 Å². The Labute approximate surface area is 112 Å². The van der Waals surface area contributed by atoms with Gasteiger partial charge in [0.1, 0.15) is 5.75 Å². The minimum absolute atomic E-state index is 0.0105. The Kier molecular flexibility index (Phi) is 7.29. The molecule has 1 amide bonds. The number of ether oxygens (including phenoxy) is 1. The number of rotatable bonds is 8. The number of carbonyl (C=O) groups excluding carboxylic acids is 1. The predicted octanol–water partition coefficient (Wildman–Crippen LogP) is 1.08. The van der Waals surface area contributed by atoms with Gasteiger partial charge < -0.3 is 15.2 Å². The zero-order chi connectivity index (χ0) is 13.2. The lowest BCUT2D eigenvalue weighted by molar-refractivity contribution is -0.118. The van der Waals surface area contributed by atoms with Crippen LogP contribution >= 0.6 is 11.8 Å². The molecule has 0 aliphatic carbocycles. The van der Waals surface area contributed by atoms with Crippen LogP contribution in [0, 0.1) is 0 Å². The fraction of sp³-hybridized carbons (Fsp3) is 0.462. The molecule has 0 spiro atoms. The van der Waals surface area contributed by atoms with Gasteiger partial charge >= 0.3 is 0 Å². The van der Waals surface area contributed by atoms with Gasteiger partial charge in [0, 0.05) is 12.3 Å². The van der Waals surface area contributed by atoms with Crippen LogP contribution in [0.3, 0.4) is 0 Å². The lowest BCUT2D eigenvalue weighted by Gasteiger charge is -2.06. The lowest BCUT2D eigenvalue weighted by atomic mass is 10.1. The molecule has 0 saturated carbocycles. The molecule has 0 fully saturated rings. The molecule has 2 N–H and O–H groups in total. The van der Waals surface area contributed by atoms with E-state index in [0.717, 1.165) is 17.7 Å².